The van der Waals surface area contributed by atoms with Crippen molar-refractivity contribution in [1.29, 1.82) is 0 Å². The van der Waals surface area contributed by atoms with Crippen molar-refractivity contribution in [1.82, 2.24) is 20.1 Å². The van der Waals surface area contributed by atoms with Gasteiger partial charge >= 0.3 is 0 Å². The molecule has 2 aromatic heterocycles. The molecule has 4 rings (SSSR count). The Morgan fingerprint density at radius 3 is 2.77 bits per heavy atom. The highest BCUT2D eigenvalue weighted by molar-refractivity contribution is 7.99. The van der Waals surface area contributed by atoms with Gasteiger partial charge in [0.15, 0.2) is 10.9 Å². The maximum atomic E-state index is 12.3. The van der Waals surface area contributed by atoms with Gasteiger partial charge in [-0.3, -0.25) is 9.36 Å². The topological polar surface area (TPSA) is 73.0 Å². The second-order valence-electron chi connectivity index (χ2n) is 7.41. The van der Waals surface area contributed by atoms with Crippen LogP contribution in [-0.2, 0) is 11.3 Å². The molecule has 0 spiro atoms. The van der Waals surface area contributed by atoms with E-state index >= 15 is 0 Å². The summed E-state index contributed by atoms with van der Waals surface area (Å²) in [6.07, 6.45) is 8.02. The van der Waals surface area contributed by atoms with Gasteiger partial charge in [0, 0.05) is 29.8 Å². The Hall–Kier alpha value is -2.25. The molecular formula is C22H25ClN4O2S. The van der Waals surface area contributed by atoms with Crippen molar-refractivity contribution in [3.05, 3.63) is 53.2 Å². The molecule has 1 aliphatic rings. The number of amides is 1. The predicted molar refractivity (Wildman–Crippen MR) is 118 cm³/mol. The Morgan fingerprint density at radius 2 is 2.00 bits per heavy atom. The molecule has 30 heavy (non-hydrogen) atoms. The molecule has 3 aromatic rings. The monoisotopic (exact) mass is 444 g/mol. The second kappa shape index (κ2) is 10.2. The smallest absolute Gasteiger partial charge is 0.221 e. The molecule has 1 fully saturated rings. The molecule has 0 saturated heterocycles. The fourth-order valence-electron chi connectivity index (χ4n) is 3.78. The summed E-state index contributed by atoms with van der Waals surface area (Å²) < 4.78 is 7.80. The van der Waals surface area contributed by atoms with E-state index in [1.54, 1.807) is 18.0 Å². The molecule has 158 valence electrons. The van der Waals surface area contributed by atoms with Crippen molar-refractivity contribution in [2.75, 3.05) is 5.75 Å². The van der Waals surface area contributed by atoms with Crippen LogP contribution >= 0.6 is 23.4 Å². The summed E-state index contributed by atoms with van der Waals surface area (Å²) >= 11 is 7.72. The Kier molecular flexibility index (Phi) is 7.12. The van der Waals surface area contributed by atoms with E-state index in [1.165, 1.54) is 19.3 Å². The molecule has 2 heterocycles. The third kappa shape index (κ3) is 5.08. The molecule has 0 aliphatic heterocycles. The third-order valence-electron chi connectivity index (χ3n) is 5.34. The van der Waals surface area contributed by atoms with Crippen LogP contribution in [0.3, 0.4) is 0 Å². The highest BCUT2D eigenvalue weighted by atomic mass is 35.5. The van der Waals surface area contributed by atoms with Gasteiger partial charge < -0.3 is 9.73 Å². The fraction of sp³-hybridized carbons (Fsp3) is 0.409. The summed E-state index contributed by atoms with van der Waals surface area (Å²) in [7, 11) is 0. The van der Waals surface area contributed by atoms with E-state index in [4.69, 9.17) is 16.0 Å². The van der Waals surface area contributed by atoms with Gasteiger partial charge in [-0.05, 0) is 36.6 Å². The Morgan fingerprint density at radius 1 is 1.17 bits per heavy atom. The van der Waals surface area contributed by atoms with E-state index in [-0.39, 0.29) is 5.91 Å². The van der Waals surface area contributed by atoms with Gasteiger partial charge in [-0.2, -0.15) is 0 Å². The first-order chi connectivity index (χ1) is 14.7. The highest BCUT2D eigenvalue weighted by Crippen LogP contribution is 2.35. The van der Waals surface area contributed by atoms with Gasteiger partial charge in [-0.15, -0.1) is 10.2 Å². The van der Waals surface area contributed by atoms with Gasteiger partial charge in [0.1, 0.15) is 0 Å². The van der Waals surface area contributed by atoms with E-state index in [2.05, 4.69) is 20.1 Å². The number of halogens is 1. The van der Waals surface area contributed by atoms with E-state index in [9.17, 15) is 4.79 Å². The van der Waals surface area contributed by atoms with Crippen LogP contribution < -0.4 is 5.32 Å². The molecule has 1 amide bonds. The van der Waals surface area contributed by atoms with Crippen LogP contribution in [0.2, 0.25) is 5.02 Å². The summed E-state index contributed by atoms with van der Waals surface area (Å²) in [5.41, 5.74) is 0.917. The van der Waals surface area contributed by atoms with Crippen molar-refractivity contribution in [3.8, 4) is 11.6 Å². The summed E-state index contributed by atoms with van der Waals surface area (Å²) in [6.45, 7) is 0.435. The molecule has 0 unspecified atom stereocenters. The fourth-order valence-corrected chi connectivity index (χ4v) is 4.92. The van der Waals surface area contributed by atoms with Gasteiger partial charge in [0.05, 0.1) is 6.26 Å². The Balaban J connectivity index is 1.37. The van der Waals surface area contributed by atoms with Gasteiger partial charge in [0.25, 0.3) is 0 Å². The lowest BCUT2D eigenvalue weighted by molar-refractivity contribution is -0.120. The largest absolute Gasteiger partial charge is 0.461 e. The quantitative estimate of drug-likeness (QED) is 0.464. The van der Waals surface area contributed by atoms with Crippen LogP contribution in [0.5, 0.6) is 0 Å². The minimum atomic E-state index is -0.00240. The first-order valence-corrected chi connectivity index (χ1v) is 11.7. The minimum Gasteiger partial charge on any atom is -0.461 e. The molecule has 0 bridgehead atoms. The predicted octanol–water partition coefficient (Wildman–Crippen LogP) is 5.50. The van der Waals surface area contributed by atoms with Gasteiger partial charge in [-0.25, -0.2) is 0 Å². The van der Waals surface area contributed by atoms with Crippen molar-refractivity contribution < 1.29 is 9.21 Å². The average Bonchev–Trinajstić information content (AvgIpc) is 3.44. The lowest BCUT2D eigenvalue weighted by Crippen LogP contribution is -2.23. The third-order valence-corrected chi connectivity index (χ3v) is 6.65. The number of benzene rings is 1. The number of rotatable bonds is 8. The molecule has 1 saturated carbocycles. The van der Waals surface area contributed by atoms with Crippen LogP contribution in [0.25, 0.3) is 11.6 Å². The number of carbonyl (C=O) groups is 1. The number of nitrogens with zero attached hydrogens (tertiary/aromatic N) is 3. The van der Waals surface area contributed by atoms with Gasteiger partial charge in [0.2, 0.25) is 11.7 Å². The van der Waals surface area contributed by atoms with E-state index < -0.39 is 0 Å². The number of furan rings is 1. The number of carbonyl (C=O) groups excluding carboxylic acids is 1. The molecule has 8 heteroatoms. The Labute approximate surface area is 185 Å². The first kappa shape index (κ1) is 21.0. The molecule has 1 N–H and O–H groups in total. The molecule has 1 aromatic carbocycles. The first-order valence-electron chi connectivity index (χ1n) is 10.3. The SMILES string of the molecule is O=C(CCSc1nnc(-c2ccco2)n1C1CCCCC1)NCc1ccccc1Cl. The lowest BCUT2D eigenvalue weighted by atomic mass is 9.95. The minimum absolute atomic E-state index is 0.00240. The van der Waals surface area contributed by atoms with Gasteiger partial charge in [-0.1, -0.05) is 60.8 Å². The van der Waals surface area contributed by atoms with Crippen LogP contribution in [0, 0.1) is 0 Å². The maximum Gasteiger partial charge on any atom is 0.221 e. The number of thioether (sulfide) groups is 1. The van der Waals surface area contributed by atoms with E-state index in [0.717, 1.165) is 35.1 Å². The van der Waals surface area contributed by atoms with Crippen molar-refractivity contribution in [2.45, 2.75) is 56.3 Å². The standard InChI is InChI=1S/C22H25ClN4O2S/c23-18-10-5-4-7-16(18)15-24-20(28)12-14-30-22-26-25-21(19-11-6-13-29-19)27(22)17-8-2-1-3-9-17/h4-7,10-11,13,17H,1-3,8-9,12,14-15H2,(H,24,28). The van der Waals surface area contributed by atoms with Crippen LogP contribution in [0.4, 0.5) is 0 Å². The van der Waals surface area contributed by atoms with Crippen molar-refractivity contribution >= 4 is 29.3 Å². The average molecular weight is 445 g/mol. The summed E-state index contributed by atoms with van der Waals surface area (Å²) in [5.74, 6) is 2.14. The number of hydrogen-bond donors (Lipinski definition) is 1. The molecule has 0 radical (unpaired) electrons. The summed E-state index contributed by atoms with van der Waals surface area (Å²) in [5, 5.41) is 13.3. The lowest BCUT2D eigenvalue weighted by Gasteiger charge is -2.25. The van der Waals surface area contributed by atoms with Crippen LogP contribution in [-0.4, -0.2) is 26.4 Å². The van der Waals surface area contributed by atoms with E-state index in [1.807, 2.05) is 36.4 Å². The Bertz CT molecular complexity index is 967. The zero-order valence-electron chi connectivity index (χ0n) is 16.7. The van der Waals surface area contributed by atoms with Crippen LogP contribution in [0.15, 0.2) is 52.2 Å². The molecular weight excluding hydrogens is 420 g/mol. The van der Waals surface area contributed by atoms with Crippen molar-refractivity contribution in [2.24, 2.45) is 0 Å². The van der Waals surface area contributed by atoms with Crippen molar-refractivity contribution in [3.63, 3.8) is 0 Å². The zero-order chi connectivity index (χ0) is 20.8. The van der Waals surface area contributed by atoms with Crippen LogP contribution in [0.1, 0.15) is 50.1 Å². The normalized spacial score (nSPS) is 14.7. The molecule has 0 atom stereocenters. The summed E-state index contributed by atoms with van der Waals surface area (Å²) in [4.78, 5) is 12.3. The highest BCUT2D eigenvalue weighted by Gasteiger charge is 2.25. The molecule has 1 aliphatic carbocycles. The number of hydrogen-bond acceptors (Lipinski definition) is 5. The number of nitrogens with one attached hydrogen (secondary N) is 1. The second-order valence-corrected chi connectivity index (χ2v) is 8.88. The summed E-state index contributed by atoms with van der Waals surface area (Å²) in [6, 6.07) is 11.7. The molecule has 6 nitrogen and oxygen atoms in total. The van der Waals surface area contributed by atoms with E-state index in [0.29, 0.717) is 29.8 Å². The number of aromatic nitrogens is 3. The zero-order valence-corrected chi connectivity index (χ0v) is 18.3. The maximum absolute atomic E-state index is 12.3.